The van der Waals surface area contributed by atoms with Crippen LogP contribution in [0.15, 0.2) is 36.5 Å². The molecule has 112 valence electrons. The van der Waals surface area contributed by atoms with E-state index in [1.807, 2.05) is 0 Å². The van der Waals surface area contributed by atoms with Crippen LogP contribution < -0.4 is 5.32 Å². The topological polar surface area (TPSA) is 137 Å². The highest BCUT2D eigenvalue weighted by molar-refractivity contribution is 6.04. The molecule has 22 heavy (non-hydrogen) atoms. The lowest BCUT2D eigenvalue weighted by Gasteiger charge is -2.13. The van der Waals surface area contributed by atoms with Crippen LogP contribution in [0.2, 0.25) is 0 Å². The van der Waals surface area contributed by atoms with Crippen LogP contribution in [0.4, 0.5) is 11.4 Å². The first-order chi connectivity index (χ1) is 10.4. The van der Waals surface area contributed by atoms with Crippen LogP contribution in [-0.2, 0) is 0 Å². The lowest BCUT2D eigenvalue weighted by Crippen LogP contribution is -2.12. The molecule has 0 aliphatic heterocycles. The van der Waals surface area contributed by atoms with E-state index in [-0.39, 0.29) is 22.5 Å². The fraction of sp³-hybridized carbons (Fsp3) is 0. The Bertz CT molecular complexity index is 739. The minimum absolute atomic E-state index is 0.0630. The van der Waals surface area contributed by atoms with Crippen LogP contribution in [0, 0.1) is 0 Å². The number of aromatic nitrogens is 1. The molecule has 0 saturated heterocycles. The van der Waals surface area contributed by atoms with E-state index in [0.717, 1.165) is 12.3 Å². The maximum atomic E-state index is 11.2. The molecule has 1 aromatic carbocycles. The summed E-state index contributed by atoms with van der Waals surface area (Å²) in [5.41, 5.74) is -1.18. The maximum absolute atomic E-state index is 11.2. The Morgan fingerprint density at radius 2 is 1.50 bits per heavy atom. The van der Waals surface area contributed by atoms with Crippen molar-refractivity contribution in [1.82, 2.24) is 4.98 Å². The molecular formula is C14H10N2O6. The van der Waals surface area contributed by atoms with Crippen molar-refractivity contribution in [3.63, 3.8) is 0 Å². The number of pyridine rings is 1. The van der Waals surface area contributed by atoms with Crippen molar-refractivity contribution < 1.29 is 29.7 Å². The van der Waals surface area contributed by atoms with Gasteiger partial charge in [-0.05, 0) is 18.2 Å². The Hall–Kier alpha value is -3.42. The van der Waals surface area contributed by atoms with Crippen LogP contribution in [0.1, 0.15) is 31.2 Å². The number of aromatic carboxylic acids is 3. The highest BCUT2D eigenvalue weighted by Gasteiger charge is 2.21. The summed E-state index contributed by atoms with van der Waals surface area (Å²) < 4.78 is 0. The third kappa shape index (κ3) is 2.85. The molecule has 0 bridgehead atoms. The molecule has 0 fully saturated rings. The van der Waals surface area contributed by atoms with Gasteiger partial charge in [0.2, 0.25) is 0 Å². The van der Waals surface area contributed by atoms with E-state index in [0.29, 0.717) is 0 Å². The zero-order valence-corrected chi connectivity index (χ0v) is 11.0. The van der Waals surface area contributed by atoms with E-state index in [2.05, 4.69) is 10.3 Å². The normalized spacial score (nSPS) is 10.0. The van der Waals surface area contributed by atoms with Gasteiger partial charge in [-0.15, -0.1) is 0 Å². The number of nitrogens with one attached hydrogen (secondary N) is 1. The van der Waals surface area contributed by atoms with E-state index in [1.165, 1.54) is 24.3 Å². The Morgan fingerprint density at radius 3 is 2.09 bits per heavy atom. The molecule has 0 atom stereocenters. The van der Waals surface area contributed by atoms with E-state index in [4.69, 9.17) is 15.3 Å². The number of rotatable bonds is 5. The number of nitrogens with zero attached hydrogens (tertiary/aromatic N) is 1. The zero-order chi connectivity index (χ0) is 16.3. The summed E-state index contributed by atoms with van der Waals surface area (Å²) in [5, 5.41) is 29.9. The summed E-state index contributed by atoms with van der Waals surface area (Å²) in [4.78, 5) is 37.2. The molecule has 2 aromatic rings. The van der Waals surface area contributed by atoms with Gasteiger partial charge in [0.25, 0.3) is 0 Å². The van der Waals surface area contributed by atoms with Crippen LogP contribution >= 0.6 is 0 Å². The van der Waals surface area contributed by atoms with Crippen molar-refractivity contribution >= 4 is 29.3 Å². The van der Waals surface area contributed by atoms with Gasteiger partial charge in [0.05, 0.1) is 22.5 Å². The van der Waals surface area contributed by atoms with Gasteiger partial charge < -0.3 is 20.6 Å². The number of hydrogen-bond acceptors (Lipinski definition) is 5. The number of anilines is 2. The first-order valence-electron chi connectivity index (χ1n) is 5.96. The molecule has 0 aliphatic rings. The molecule has 8 nitrogen and oxygen atoms in total. The molecular weight excluding hydrogens is 292 g/mol. The summed E-state index contributed by atoms with van der Waals surface area (Å²) in [5.74, 6) is -4.03. The monoisotopic (exact) mass is 302 g/mol. The number of hydrogen-bond donors (Lipinski definition) is 4. The van der Waals surface area contributed by atoms with Gasteiger partial charge >= 0.3 is 17.9 Å². The second-order valence-corrected chi connectivity index (χ2v) is 4.17. The van der Waals surface area contributed by atoms with Crippen LogP contribution in [0.5, 0.6) is 0 Å². The van der Waals surface area contributed by atoms with E-state index in [1.54, 1.807) is 0 Å². The predicted molar refractivity (Wildman–Crippen MR) is 74.8 cm³/mol. The first-order valence-corrected chi connectivity index (χ1v) is 5.96. The van der Waals surface area contributed by atoms with Gasteiger partial charge in [-0.3, -0.25) is 0 Å². The molecule has 1 heterocycles. The summed E-state index contributed by atoms with van der Waals surface area (Å²) in [6, 6.07) is 6.86. The minimum atomic E-state index is -1.43. The average Bonchev–Trinajstić information content (AvgIpc) is 2.47. The largest absolute Gasteiger partial charge is 0.478 e. The lowest BCUT2D eigenvalue weighted by molar-refractivity contribution is 0.0682. The maximum Gasteiger partial charge on any atom is 0.356 e. The standard InChI is InChI=1S/C14H10N2O6/c17-12(18)7-3-1-2-4-9(7)16-10-8(13(19)20)5-6-15-11(10)14(21)22/h1-6,16H,(H,17,18)(H,19,20)(H,21,22). The third-order valence-electron chi connectivity index (χ3n) is 2.80. The minimum Gasteiger partial charge on any atom is -0.478 e. The fourth-order valence-corrected chi connectivity index (χ4v) is 1.84. The Kier molecular flexibility index (Phi) is 4.03. The van der Waals surface area contributed by atoms with Crippen LogP contribution in [0.3, 0.4) is 0 Å². The number of carboxylic acids is 3. The molecule has 0 saturated carbocycles. The summed E-state index contributed by atoms with van der Waals surface area (Å²) in [7, 11) is 0. The van der Waals surface area contributed by atoms with E-state index in [9.17, 15) is 14.4 Å². The predicted octanol–water partition coefficient (Wildman–Crippen LogP) is 1.92. The van der Waals surface area contributed by atoms with Crippen molar-refractivity contribution in [1.29, 1.82) is 0 Å². The summed E-state index contributed by atoms with van der Waals surface area (Å²) >= 11 is 0. The molecule has 0 unspecified atom stereocenters. The van der Waals surface area contributed by atoms with Gasteiger partial charge in [0.1, 0.15) is 0 Å². The van der Waals surface area contributed by atoms with Gasteiger partial charge in [-0.2, -0.15) is 0 Å². The van der Waals surface area contributed by atoms with Crippen LogP contribution in [-0.4, -0.2) is 38.2 Å². The SMILES string of the molecule is O=C(O)c1ccccc1Nc1c(C(=O)O)ccnc1C(=O)O. The van der Waals surface area contributed by atoms with Crippen molar-refractivity contribution in [2.75, 3.05) is 5.32 Å². The molecule has 2 rings (SSSR count). The van der Waals surface area contributed by atoms with Crippen molar-refractivity contribution in [2.45, 2.75) is 0 Å². The fourth-order valence-electron chi connectivity index (χ4n) is 1.84. The Balaban J connectivity index is 2.61. The van der Waals surface area contributed by atoms with Crippen LogP contribution in [0.25, 0.3) is 0 Å². The quantitative estimate of drug-likeness (QED) is 0.657. The number of para-hydroxylation sites is 1. The highest BCUT2D eigenvalue weighted by atomic mass is 16.4. The number of carboxylic acid groups (broad SMARTS) is 3. The van der Waals surface area contributed by atoms with Crippen molar-refractivity contribution in [3.05, 3.63) is 53.3 Å². The average molecular weight is 302 g/mol. The van der Waals surface area contributed by atoms with E-state index < -0.39 is 23.6 Å². The molecule has 1 aromatic heterocycles. The number of benzene rings is 1. The molecule has 8 heteroatoms. The van der Waals surface area contributed by atoms with Gasteiger partial charge in [-0.1, -0.05) is 12.1 Å². The second kappa shape index (κ2) is 5.92. The van der Waals surface area contributed by atoms with Crippen molar-refractivity contribution in [2.24, 2.45) is 0 Å². The number of carbonyl (C=O) groups is 3. The molecule has 0 aliphatic carbocycles. The highest BCUT2D eigenvalue weighted by Crippen LogP contribution is 2.26. The molecule has 0 radical (unpaired) electrons. The zero-order valence-electron chi connectivity index (χ0n) is 11.0. The Labute approximate surface area is 123 Å². The summed E-state index contributed by atoms with van der Waals surface area (Å²) in [6.07, 6.45) is 1.06. The van der Waals surface area contributed by atoms with E-state index >= 15 is 0 Å². The van der Waals surface area contributed by atoms with Gasteiger partial charge in [-0.25, -0.2) is 19.4 Å². The summed E-state index contributed by atoms with van der Waals surface area (Å²) in [6.45, 7) is 0. The molecule has 0 amide bonds. The molecule has 0 spiro atoms. The first kappa shape index (κ1) is 15.0. The Morgan fingerprint density at radius 1 is 0.864 bits per heavy atom. The molecule has 4 N–H and O–H groups in total. The van der Waals surface area contributed by atoms with Gasteiger partial charge in [0.15, 0.2) is 5.69 Å². The van der Waals surface area contributed by atoms with Crippen molar-refractivity contribution in [3.8, 4) is 0 Å². The smallest absolute Gasteiger partial charge is 0.356 e. The lowest BCUT2D eigenvalue weighted by atomic mass is 10.1. The third-order valence-corrected chi connectivity index (χ3v) is 2.80. The second-order valence-electron chi connectivity index (χ2n) is 4.17. The van der Waals surface area contributed by atoms with Gasteiger partial charge in [0, 0.05) is 6.20 Å².